The van der Waals surface area contributed by atoms with Gasteiger partial charge >= 0.3 is 0 Å². The minimum absolute atomic E-state index is 0.0795. The summed E-state index contributed by atoms with van der Waals surface area (Å²) in [5, 5.41) is 8.19. The molecule has 0 spiro atoms. The van der Waals surface area contributed by atoms with E-state index >= 15 is 0 Å². The summed E-state index contributed by atoms with van der Waals surface area (Å²) in [6.45, 7) is 6.67. The number of piperidine rings is 1. The minimum Gasteiger partial charge on any atom is -0.444 e. The summed E-state index contributed by atoms with van der Waals surface area (Å²) in [6.07, 6.45) is 2.73. The molecule has 6 nitrogen and oxygen atoms in total. The molecular formula is C23H26BrN3O3. The molecule has 1 saturated heterocycles. The molecule has 0 bridgehead atoms. The van der Waals surface area contributed by atoms with Crippen molar-refractivity contribution in [2.24, 2.45) is 11.8 Å². The largest absolute Gasteiger partial charge is 0.444 e. The second-order valence-corrected chi connectivity index (χ2v) is 9.10. The molecule has 1 aliphatic heterocycles. The van der Waals surface area contributed by atoms with Crippen molar-refractivity contribution >= 4 is 21.7 Å². The number of carbonyl (C=O) groups excluding carboxylic acids is 1. The van der Waals surface area contributed by atoms with Gasteiger partial charge in [0.25, 0.3) is 5.89 Å². The predicted octanol–water partition coefficient (Wildman–Crippen LogP) is 5.39. The van der Waals surface area contributed by atoms with Crippen LogP contribution in [0, 0.1) is 11.8 Å². The number of rotatable bonds is 7. The molecule has 30 heavy (non-hydrogen) atoms. The summed E-state index contributed by atoms with van der Waals surface area (Å²) in [5.41, 5.74) is 2.12. The van der Waals surface area contributed by atoms with Crippen LogP contribution >= 0.6 is 15.9 Å². The summed E-state index contributed by atoms with van der Waals surface area (Å²) in [4.78, 5) is 15.1. The Balaban J connectivity index is 1.29. The lowest BCUT2D eigenvalue weighted by Gasteiger charge is -2.30. The van der Waals surface area contributed by atoms with E-state index in [4.69, 9.17) is 8.83 Å². The fraction of sp³-hybridized carbons (Fsp3) is 0.435. The molecule has 0 unspecified atom stereocenters. The Morgan fingerprint density at radius 3 is 2.47 bits per heavy atom. The number of furan rings is 1. The second kappa shape index (κ2) is 9.27. The van der Waals surface area contributed by atoms with E-state index in [0.29, 0.717) is 34.7 Å². The molecule has 0 radical (unpaired) electrons. The number of likely N-dealkylation sites (tertiary alicyclic amines) is 1. The quantitative estimate of drug-likeness (QED) is 0.430. The maximum Gasteiger partial charge on any atom is 0.283 e. The van der Waals surface area contributed by atoms with Crippen LogP contribution in [0.25, 0.3) is 11.7 Å². The highest BCUT2D eigenvalue weighted by Crippen LogP contribution is 2.26. The molecule has 158 valence electrons. The third-order valence-corrected chi connectivity index (χ3v) is 5.88. The van der Waals surface area contributed by atoms with Gasteiger partial charge in [0.2, 0.25) is 5.89 Å². The lowest BCUT2D eigenvalue weighted by atomic mass is 9.88. The number of hydrogen-bond acceptors (Lipinski definition) is 6. The molecule has 3 aromatic rings. The zero-order valence-electron chi connectivity index (χ0n) is 17.3. The number of carbonyl (C=O) groups is 1. The summed E-state index contributed by atoms with van der Waals surface area (Å²) in [5.74, 6) is 2.44. The zero-order valence-corrected chi connectivity index (χ0v) is 18.9. The SMILES string of the molecule is CC(C)Cc1ccc(C(=O)C2CCN(Cc3nnc(-c4ccc(Br)o4)o3)CC2)cc1. The Kier molecular flexibility index (Phi) is 6.49. The molecule has 0 aliphatic carbocycles. The molecule has 0 amide bonds. The van der Waals surface area contributed by atoms with Gasteiger partial charge in [-0.05, 0) is 71.9 Å². The van der Waals surface area contributed by atoms with Crippen LogP contribution in [0.1, 0.15) is 48.5 Å². The molecule has 4 rings (SSSR count). The van der Waals surface area contributed by atoms with E-state index in [-0.39, 0.29) is 11.7 Å². The summed E-state index contributed by atoms with van der Waals surface area (Å²) in [7, 11) is 0. The van der Waals surface area contributed by atoms with Gasteiger partial charge in [-0.25, -0.2) is 0 Å². The molecular weight excluding hydrogens is 446 g/mol. The van der Waals surface area contributed by atoms with E-state index in [9.17, 15) is 4.79 Å². The van der Waals surface area contributed by atoms with Crippen molar-refractivity contribution in [3.05, 3.63) is 58.1 Å². The summed E-state index contributed by atoms with van der Waals surface area (Å²) in [6, 6.07) is 11.7. The minimum atomic E-state index is 0.0795. The van der Waals surface area contributed by atoms with Gasteiger partial charge in [0.1, 0.15) is 0 Å². The first kappa shape index (κ1) is 21.0. The van der Waals surface area contributed by atoms with Crippen molar-refractivity contribution in [1.82, 2.24) is 15.1 Å². The van der Waals surface area contributed by atoms with E-state index in [1.54, 1.807) is 12.1 Å². The van der Waals surface area contributed by atoms with Crippen LogP contribution in [0.15, 0.2) is 49.9 Å². The van der Waals surface area contributed by atoms with Gasteiger partial charge in [-0.1, -0.05) is 38.1 Å². The zero-order chi connectivity index (χ0) is 21.1. The van der Waals surface area contributed by atoms with Crippen LogP contribution in [0.2, 0.25) is 0 Å². The Bertz CT molecular complexity index is 985. The smallest absolute Gasteiger partial charge is 0.283 e. The van der Waals surface area contributed by atoms with Crippen molar-refractivity contribution in [3.63, 3.8) is 0 Å². The highest BCUT2D eigenvalue weighted by Gasteiger charge is 2.27. The molecule has 1 aliphatic rings. The second-order valence-electron chi connectivity index (χ2n) is 8.31. The third kappa shape index (κ3) is 5.08. The first-order valence-corrected chi connectivity index (χ1v) is 11.2. The maximum absolute atomic E-state index is 12.9. The van der Waals surface area contributed by atoms with E-state index in [0.717, 1.165) is 37.9 Å². The lowest BCUT2D eigenvalue weighted by molar-refractivity contribution is 0.0827. The normalized spacial score (nSPS) is 15.7. The lowest BCUT2D eigenvalue weighted by Crippen LogP contribution is -2.36. The summed E-state index contributed by atoms with van der Waals surface area (Å²) >= 11 is 3.27. The molecule has 0 N–H and O–H groups in total. The topological polar surface area (TPSA) is 72.4 Å². The molecule has 1 aromatic carbocycles. The van der Waals surface area contributed by atoms with Crippen LogP contribution in [0.3, 0.4) is 0 Å². The average molecular weight is 472 g/mol. The third-order valence-electron chi connectivity index (χ3n) is 5.45. The van der Waals surface area contributed by atoms with E-state index in [2.05, 4.69) is 57.0 Å². The first-order chi connectivity index (χ1) is 14.5. The molecule has 0 saturated carbocycles. The van der Waals surface area contributed by atoms with Gasteiger partial charge in [0.05, 0.1) is 6.54 Å². The van der Waals surface area contributed by atoms with E-state index in [1.807, 2.05) is 12.1 Å². The summed E-state index contributed by atoms with van der Waals surface area (Å²) < 4.78 is 11.8. The van der Waals surface area contributed by atoms with Crippen LogP contribution in [0.4, 0.5) is 0 Å². The maximum atomic E-state index is 12.9. The van der Waals surface area contributed by atoms with Gasteiger partial charge in [0, 0.05) is 11.5 Å². The van der Waals surface area contributed by atoms with Crippen molar-refractivity contribution in [2.75, 3.05) is 13.1 Å². The number of halogens is 1. The van der Waals surface area contributed by atoms with Gasteiger partial charge in [-0.3, -0.25) is 9.69 Å². The van der Waals surface area contributed by atoms with Crippen LogP contribution in [0.5, 0.6) is 0 Å². The van der Waals surface area contributed by atoms with Crippen LogP contribution in [-0.2, 0) is 13.0 Å². The number of hydrogen-bond donors (Lipinski definition) is 0. The van der Waals surface area contributed by atoms with Gasteiger partial charge in [0.15, 0.2) is 16.2 Å². The molecule has 3 heterocycles. The van der Waals surface area contributed by atoms with Gasteiger partial charge in [-0.15, -0.1) is 10.2 Å². The van der Waals surface area contributed by atoms with Gasteiger partial charge < -0.3 is 8.83 Å². The average Bonchev–Trinajstić information content (AvgIpc) is 3.37. The Morgan fingerprint density at radius 2 is 1.83 bits per heavy atom. The van der Waals surface area contributed by atoms with Crippen molar-refractivity contribution < 1.29 is 13.6 Å². The highest BCUT2D eigenvalue weighted by atomic mass is 79.9. The molecule has 2 aromatic heterocycles. The standard InChI is InChI=1S/C23H26BrN3O3/c1-15(2)13-16-3-5-17(6-4-16)22(28)18-9-11-27(12-10-18)14-21-25-26-23(30-21)19-7-8-20(24)29-19/h3-8,15,18H,9-14H2,1-2H3. The highest BCUT2D eigenvalue weighted by molar-refractivity contribution is 9.10. The Morgan fingerprint density at radius 1 is 1.10 bits per heavy atom. The number of nitrogens with zero attached hydrogens (tertiary/aromatic N) is 3. The number of aromatic nitrogens is 2. The van der Waals surface area contributed by atoms with E-state index in [1.165, 1.54) is 5.56 Å². The molecule has 0 atom stereocenters. The van der Waals surface area contributed by atoms with Crippen molar-refractivity contribution in [3.8, 4) is 11.7 Å². The molecule has 1 fully saturated rings. The monoisotopic (exact) mass is 471 g/mol. The fourth-order valence-electron chi connectivity index (χ4n) is 3.90. The number of Topliss-reactive ketones (excluding diaryl/α,β-unsaturated/α-hetero) is 1. The first-order valence-electron chi connectivity index (χ1n) is 10.4. The van der Waals surface area contributed by atoms with Crippen molar-refractivity contribution in [2.45, 2.75) is 39.7 Å². The Hall–Kier alpha value is -2.25. The number of ketones is 1. The van der Waals surface area contributed by atoms with Crippen LogP contribution in [-0.4, -0.2) is 34.0 Å². The number of benzene rings is 1. The predicted molar refractivity (Wildman–Crippen MR) is 117 cm³/mol. The molecule has 7 heteroatoms. The van der Waals surface area contributed by atoms with Crippen molar-refractivity contribution in [1.29, 1.82) is 0 Å². The van der Waals surface area contributed by atoms with Crippen LogP contribution < -0.4 is 0 Å². The Labute approximate surface area is 184 Å². The van der Waals surface area contributed by atoms with Gasteiger partial charge in [-0.2, -0.15) is 0 Å². The fourth-order valence-corrected chi connectivity index (χ4v) is 4.21. The van der Waals surface area contributed by atoms with E-state index < -0.39 is 0 Å².